The molecule has 0 aliphatic heterocycles. The molecule has 2 aromatic carbocycles. The van der Waals surface area contributed by atoms with Crippen molar-refractivity contribution in [3.8, 4) is 11.1 Å². The van der Waals surface area contributed by atoms with Crippen LogP contribution >= 0.6 is 11.6 Å². The molecule has 0 unspecified atom stereocenters. The van der Waals surface area contributed by atoms with Gasteiger partial charge in [-0.15, -0.1) is 0 Å². The third-order valence-corrected chi connectivity index (χ3v) is 3.58. The van der Waals surface area contributed by atoms with Gasteiger partial charge in [0.25, 0.3) is 0 Å². The Balaban J connectivity index is 2.25. The number of rotatable bonds is 5. The molecule has 0 saturated heterocycles. The van der Waals surface area contributed by atoms with Crippen molar-refractivity contribution in [3.63, 3.8) is 0 Å². The minimum Gasteiger partial charge on any atom is -0.313 e. The summed E-state index contributed by atoms with van der Waals surface area (Å²) in [6.07, 6.45) is 1.11. The Kier molecular flexibility index (Phi) is 5.16. The Labute approximate surface area is 124 Å². The summed E-state index contributed by atoms with van der Waals surface area (Å²) >= 11 is 6.37. The van der Waals surface area contributed by atoms with E-state index in [9.17, 15) is 4.39 Å². The van der Waals surface area contributed by atoms with Crippen LogP contribution in [0.25, 0.3) is 11.1 Å². The Hall–Kier alpha value is -1.38. The molecule has 2 aromatic rings. The van der Waals surface area contributed by atoms with Crippen molar-refractivity contribution in [1.29, 1.82) is 0 Å². The van der Waals surface area contributed by atoms with Crippen molar-refractivity contribution in [2.75, 3.05) is 6.54 Å². The average Bonchev–Trinajstić information content (AvgIpc) is 2.40. The van der Waals surface area contributed by atoms with Crippen molar-refractivity contribution in [2.24, 2.45) is 0 Å². The lowest BCUT2D eigenvalue weighted by Gasteiger charge is -2.10. The second-order valence-corrected chi connectivity index (χ2v) is 5.36. The number of benzene rings is 2. The summed E-state index contributed by atoms with van der Waals surface area (Å²) < 4.78 is 13.2. The molecular formula is C17H19ClFN. The highest BCUT2D eigenvalue weighted by atomic mass is 35.5. The first-order valence-electron chi connectivity index (χ1n) is 6.87. The van der Waals surface area contributed by atoms with E-state index in [0.717, 1.165) is 41.8 Å². The van der Waals surface area contributed by atoms with Gasteiger partial charge in [-0.05, 0) is 54.8 Å². The summed E-state index contributed by atoms with van der Waals surface area (Å²) in [4.78, 5) is 0. The lowest BCUT2D eigenvalue weighted by Crippen LogP contribution is -2.13. The average molecular weight is 292 g/mol. The monoisotopic (exact) mass is 291 g/mol. The molecule has 0 aromatic heterocycles. The number of halogens is 2. The third kappa shape index (κ3) is 3.59. The van der Waals surface area contributed by atoms with Crippen LogP contribution in [0, 0.1) is 12.7 Å². The minimum absolute atomic E-state index is 0.220. The highest BCUT2D eigenvalue weighted by molar-refractivity contribution is 6.33. The molecule has 0 aliphatic carbocycles. The van der Waals surface area contributed by atoms with E-state index in [1.54, 1.807) is 6.07 Å². The fraction of sp³-hybridized carbons (Fsp3) is 0.294. The van der Waals surface area contributed by atoms with Crippen molar-refractivity contribution in [2.45, 2.75) is 26.8 Å². The van der Waals surface area contributed by atoms with E-state index in [2.05, 4.69) is 18.3 Å². The third-order valence-electron chi connectivity index (χ3n) is 3.27. The van der Waals surface area contributed by atoms with Crippen LogP contribution in [-0.2, 0) is 6.54 Å². The molecule has 0 fully saturated rings. The van der Waals surface area contributed by atoms with E-state index in [1.165, 1.54) is 12.1 Å². The van der Waals surface area contributed by atoms with Gasteiger partial charge in [0.05, 0.1) is 0 Å². The molecule has 2 rings (SSSR count). The van der Waals surface area contributed by atoms with Crippen LogP contribution < -0.4 is 5.32 Å². The summed E-state index contributed by atoms with van der Waals surface area (Å²) in [5.74, 6) is -0.220. The molecule has 106 valence electrons. The lowest BCUT2D eigenvalue weighted by molar-refractivity contribution is 0.627. The van der Waals surface area contributed by atoms with Gasteiger partial charge in [-0.25, -0.2) is 4.39 Å². The van der Waals surface area contributed by atoms with Gasteiger partial charge in [-0.1, -0.05) is 36.7 Å². The van der Waals surface area contributed by atoms with Crippen molar-refractivity contribution >= 4 is 11.6 Å². The van der Waals surface area contributed by atoms with E-state index in [1.807, 2.05) is 19.1 Å². The summed E-state index contributed by atoms with van der Waals surface area (Å²) in [5, 5.41) is 4.05. The second-order valence-electron chi connectivity index (χ2n) is 4.95. The SMILES string of the molecule is CCCNCc1ccc(-c2ccc(F)cc2C)c(Cl)c1. The second kappa shape index (κ2) is 6.87. The topological polar surface area (TPSA) is 12.0 Å². The molecule has 0 saturated carbocycles. The van der Waals surface area contributed by atoms with Gasteiger partial charge >= 0.3 is 0 Å². The molecule has 20 heavy (non-hydrogen) atoms. The zero-order valence-corrected chi connectivity index (χ0v) is 12.6. The highest BCUT2D eigenvalue weighted by Crippen LogP contribution is 2.31. The largest absolute Gasteiger partial charge is 0.313 e. The number of hydrogen-bond acceptors (Lipinski definition) is 1. The number of hydrogen-bond donors (Lipinski definition) is 1. The molecule has 3 heteroatoms. The van der Waals surface area contributed by atoms with Crippen LogP contribution in [0.2, 0.25) is 5.02 Å². The van der Waals surface area contributed by atoms with Gasteiger partial charge in [0.2, 0.25) is 0 Å². The predicted octanol–water partition coefficient (Wildman–Crippen LogP) is 4.95. The maximum Gasteiger partial charge on any atom is 0.123 e. The lowest BCUT2D eigenvalue weighted by atomic mass is 9.99. The van der Waals surface area contributed by atoms with Gasteiger partial charge in [0, 0.05) is 17.1 Å². The molecular weight excluding hydrogens is 273 g/mol. The minimum atomic E-state index is -0.220. The van der Waals surface area contributed by atoms with Crippen molar-refractivity contribution in [1.82, 2.24) is 5.32 Å². The number of nitrogens with one attached hydrogen (secondary N) is 1. The van der Waals surface area contributed by atoms with Gasteiger partial charge in [0.1, 0.15) is 5.82 Å². The fourth-order valence-electron chi connectivity index (χ4n) is 2.23. The molecule has 0 aliphatic rings. The zero-order chi connectivity index (χ0) is 14.5. The summed E-state index contributed by atoms with van der Waals surface area (Å²) in [6.45, 7) is 5.85. The van der Waals surface area contributed by atoms with E-state index in [-0.39, 0.29) is 5.82 Å². The van der Waals surface area contributed by atoms with E-state index >= 15 is 0 Å². The first-order valence-corrected chi connectivity index (χ1v) is 7.25. The molecule has 0 amide bonds. The summed E-state index contributed by atoms with van der Waals surface area (Å²) in [6, 6.07) is 10.8. The maximum atomic E-state index is 13.2. The predicted molar refractivity (Wildman–Crippen MR) is 83.6 cm³/mol. The molecule has 0 spiro atoms. The normalized spacial score (nSPS) is 10.8. The van der Waals surface area contributed by atoms with Crippen LogP contribution in [0.1, 0.15) is 24.5 Å². The van der Waals surface area contributed by atoms with Gasteiger partial charge < -0.3 is 5.32 Å². The van der Waals surface area contributed by atoms with Crippen LogP contribution in [0.3, 0.4) is 0 Å². The Bertz CT molecular complexity index is 596. The standard InChI is InChI=1S/C17H19ClFN/c1-3-8-20-11-13-4-6-16(17(18)10-13)15-7-5-14(19)9-12(15)2/h4-7,9-10,20H,3,8,11H2,1-2H3. The van der Waals surface area contributed by atoms with Crippen molar-refractivity contribution in [3.05, 3.63) is 58.4 Å². The molecule has 1 N–H and O–H groups in total. The van der Waals surface area contributed by atoms with Gasteiger partial charge in [-0.2, -0.15) is 0 Å². The van der Waals surface area contributed by atoms with Crippen LogP contribution in [0.5, 0.6) is 0 Å². The highest BCUT2D eigenvalue weighted by Gasteiger charge is 2.08. The Morgan fingerprint density at radius 2 is 1.85 bits per heavy atom. The molecule has 0 heterocycles. The van der Waals surface area contributed by atoms with E-state index < -0.39 is 0 Å². The smallest absolute Gasteiger partial charge is 0.123 e. The maximum absolute atomic E-state index is 13.2. The molecule has 1 nitrogen and oxygen atoms in total. The Morgan fingerprint density at radius 3 is 2.50 bits per heavy atom. The van der Waals surface area contributed by atoms with Gasteiger partial charge in [0.15, 0.2) is 0 Å². The zero-order valence-electron chi connectivity index (χ0n) is 11.8. The Morgan fingerprint density at radius 1 is 1.10 bits per heavy atom. The van der Waals surface area contributed by atoms with Crippen LogP contribution in [-0.4, -0.2) is 6.54 Å². The number of aryl methyl sites for hydroxylation is 1. The first-order chi connectivity index (χ1) is 9.61. The molecule has 0 radical (unpaired) electrons. The summed E-state index contributed by atoms with van der Waals surface area (Å²) in [5.41, 5.74) is 3.98. The quantitative estimate of drug-likeness (QED) is 0.768. The first kappa shape index (κ1) is 15.0. The molecule has 0 atom stereocenters. The van der Waals surface area contributed by atoms with E-state index in [4.69, 9.17) is 11.6 Å². The van der Waals surface area contributed by atoms with E-state index in [0.29, 0.717) is 5.02 Å². The van der Waals surface area contributed by atoms with Crippen molar-refractivity contribution < 1.29 is 4.39 Å². The molecule has 0 bridgehead atoms. The van der Waals surface area contributed by atoms with Crippen LogP contribution in [0.4, 0.5) is 4.39 Å². The summed E-state index contributed by atoms with van der Waals surface area (Å²) in [7, 11) is 0. The van der Waals surface area contributed by atoms with Crippen LogP contribution in [0.15, 0.2) is 36.4 Å². The van der Waals surface area contributed by atoms with Gasteiger partial charge in [-0.3, -0.25) is 0 Å². The fourth-order valence-corrected chi connectivity index (χ4v) is 2.53.